The van der Waals surface area contributed by atoms with E-state index in [4.69, 9.17) is 0 Å². The monoisotopic (exact) mass is 949 g/mol. The summed E-state index contributed by atoms with van der Waals surface area (Å²) in [6, 6.07) is 0. The molecule has 4 rings (SSSR count). The number of quaternary nitrogens is 1. The fourth-order valence-electron chi connectivity index (χ4n) is 7.65. The Morgan fingerprint density at radius 1 is 0.234 bits per heavy atom. The molecule has 356 valence electrons. The summed E-state index contributed by atoms with van der Waals surface area (Å²) in [5.41, 5.74) is -14.3. The molecule has 0 saturated carbocycles. The standard InChI is InChI=1S/C24BF20.C18H39N/c26-5-1(6(27)14(35)21(42)13(5)34)25(2-7(28)15(36)22(43)16(37)8(2)29,3-9(30)17(38)23(44)18(39)10(3)31)4-11(32)19(40)24(45)20(41)12(4)33;1-4-7-10-13-16-19(17-14-11-8-5-2)18-15-12-9-6-3/h;4-18H2,1-3H3/q-1;/p+1. The van der Waals surface area contributed by atoms with Gasteiger partial charge in [-0.2, -0.15) is 0 Å². The minimum Gasteiger partial charge on any atom is -0.335 e. The number of rotatable bonds is 19. The number of halogens is 20. The van der Waals surface area contributed by atoms with Crippen molar-refractivity contribution < 1.29 is 92.7 Å². The van der Waals surface area contributed by atoms with Crippen LogP contribution in [-0.2, 0) is 0 Å². The van der Waals surface area contributed by atoms with Crippen molar-refractivity contribution in [3.05, 3.63) is 116 Å². The minimum atomic E-state index is -7.22. The molecule has 0 saturated heterocycles. The maximum absolute atomic E-state index is 15.4. The van der Waals surface area contributed by atoms with Gasteiger partial charge in [0, 0.05) is 0 Å². The molecule has 0 fully saturated rings. The Balaban J connectivity index is 0.000000483. The lowest BCUT2D eigenvalue weighted by Crippen LogP contribution is -3.12. The van der Waals surface area contributed by atoms with Crippen LogP contribution in [-0.4, -0.2) is 25.8 Å². The van der Waals surface area contributed by atoms with Crippen molar-refractivity contribution in [3.63, 3.8) is 0 Å². The first kappa shape index (κ1) is 53.8. The van der Waals surface area contributed by atoms with Gasteiger partial charge in [0.15, 0.2) is 69.8 Å². The van der Waals surface area contributed by atoms with E-state index in [0.29, 0.717) is 0 Å². The van der Waals surface area contributed by atoms with Crippen LogP contribution in [0.1, 0.15) is 97.8 Å². The van der Waals surface area contributed by atoms with Gasteiger partial charge in [-0.25, -0.2) is 87.8 Å². The highest BCUT2D eigenvalue weighted by Gasteiger charge is 2.52. The van der Waals surface area contributed by atoms with Gasteiger partial charge < -0.3 is 4.90 Å². The van der Waals surface area contributed by atoms with Gasteiger partial charge in [-0.05, 0) is 38.5 Å². The molecule has 0 amide bonds. The first-order chi connectivity index (χ1) is 30.0. The number of nitrogens with one attached hydrogen (secondary N) is 1. The zero-order chi connectivity index (χ0) is 48.5. The van der Waals surface area contributed by atoms with Gasteiger partial charge in [-0.3, -0.25) is 0 Å². The Bertz CT molecular complexity index is 1870. The number of benzene rings is 4. The van der Waals surface area contributed by atoms with Crippen LogP contribution in [0.15, 0.2) is 0 Å². The van der Waals surface area contributed by atoms with Crippen molar-refractivity contribution in [3.8, 4) is 0 Å². The molecule has 1 N–H and O–H groups in total. The van der Waals surface area contributed by atoms with Crippen LogP contribution in [0.2, 0.25) is 0 Å². The summed E-state index contributed by atoms with van der Waals surface area (Å²) in [5.74, 6) is -71.4. The maximum atomic E-state index is 15.4. The summed E-state index contributed by atoms with van der Waals surface area (Å²) in [5, 5.41) is 0. The normalized spacial score (nSPS) is 11.8. The third-order valence-corrected chi connectivity index (χ3v) is 10.9. The molecule has 0 atom stereocenters. The van der Waals surface area contributed by atoms with Crippen molar-refractivity contribution >= 4 is 28.0 Å². The molecule has 0 unspecified atom stereocenters. The molecule has 0 bridgehead atoms. The molecule has 22 heteroatoms. The first-order valence-corrected chi connectivity index (χ1v) is 20.1. The van der Waals surface area contributed by atoms with E-state index < -0.39 is 144 Å². The third kappa shape index (κ3) is 10.3. The SMILES string of the molecule is CCCCCC[NH+](CCCCCC)CCCCCC.Fc1c(F)c(F)c([B-](c2c(F)c(F)c(F)c(F)c2F)(c2c(F)c(F)c(F)c(F)c2F)c2c(F)c(F)c(F)c(F)c2F)c(F)c1F. The average Bonchev–Trinajstić information content (AvgIpc) is 3.27. The van der Waals surface area contributed by atoms with E-state index >= 15 is 35.1 Å². The Kier molecular flexibility index (Phi) is 19.4. The molecule has 1 nitrogen and oxygen atoms in total. The van der Waals surface area contributed by atoms with Gasteiger partial charge in [0.25, 0.3) is 0 Å². The Morgan fingerprint density at radius 3 is 0.547 bits per heavy atom. The van der Waals surface area contributed by atoms with Gasteiger partial charge >= 0.3 is 0 Å². The summed E-state index contributed by atoms with van der Waals surface area (Å²) in [6.45, 7) is 11.2. The van der Waals surface area contributed by atoms with Gasteiger partial charge in [-0.1, -0.05) is 59.3 Å². The van der Waals surface area contributed by atoms with E-state index in [1.54, 1.807) is 0 Å². The largest absolute Gasteiger partial charge is 0.335 e. The zero-order valence-electron chi connectivity index (χ0n) is 34.2. The molecule has 0 radical (unpaired) electrons. The number of hydrogen-bond donors (Lipinski definition) is 1. The Labute approximate surface area is 354 Å². The van der Waals surface area contributed by atoms with Crippen molar-refractivity contribution in [2.24, 2.45) is 0 Å². The van der Waals surface area contributed by atoms with Crippen molar-refractivity contribution in [2.45, 2.75) is 97.8 Å². The van der Waals surface area contributed by atoms with E-state index in [0.717, 1.165) is 0 Å². The zero-order valence-corrected chi connectivity index (χ0v) is 34.2. The minimum absolute atomic E-state index is 1.36. The van der Waals surface area contributed by atoms with Crippen LogP contribution in [0.3, 0.4) is 0 Å². The molecule has 0 aliphatic heterocycles. The first-order valence-electron chi connectivity index (χ1n) is 20.1. The molecule has 0 heterocycles. The highest BCUT2D eigenvalue weighted by molar-refractivity contribution is 7.20. The lowest BCUT2D eigenvalue weighted by molar-refractivity contribution is -0.900. The van der Waals surface area contributed by atoms with E-state index in [2.05, 4.69) is 20.8 Å². The number of unbranched alkanes of at least 4 members (excludes halogenated alkanes) is 9. The summed E-state index contributed by atoms with van der Waals surface area (Å²) in [7, 11) is 0. The molecule has 0 aliphatic rings. The molecular weight excluding hydrogens is 909 g/mol. The molecule has 0 aliphatic carbocycles. The second-order valence-electron chi connectivity index (χ2n) is 15.0. The van der Waals surface area contributed by atoms with Crippen LogP contribution in [0.25, 0.3) is 0 Å². The van der Waals surface area contributed by atoms with Gasteiger partial charge in [-0.15, -0.1) is 21.9 Å². The quantitative estimate of drug-likeness (QED) is 0.0314. The van der Waals surface area contributed by atoms with Crippen LogP contribution in [0.5, 0.6) is 0 Å². The lowest BCUT2D eigenvalue weighted by Gasteiger charge is -2.44. The van der Waals surface area contributed by atoms with Gasteiger partial charge in [0.05, 0.1) is 19.6 Å². The molecule has 4 aromatic rings. The topological polar surface area (TPSA) is 4.44 Å². The van der Waals surface area contributed by atoms with Crippen LogP contribution >= 0.6 is 0 Å². The summed E-state index contributed by atoms with van der Waals surface area (Å²) in [6.07, 6.45) is 9.85. The molecular formula is C42H40BF20N. The van der Waals surface area contributed by atoms with Gasteiger partial charge in [0.2, 0.25) is 0 Å². The molecule has 4 aromatic carbocycles. The smallest absolute Gasteiger partial charge is 0.200 e. The lowest BCUT2D eigenvalue weighted by atomic mass is 9.12. The highest BCUT2D eigenvalue weighted by Crippen LogP contribution is 2.30. The molecule has 0 spiro atoms. The second-order valence-corrected chi connectivity index (χ2v) is 15.0. The summed E-state index contributed by atoms with van der Waals surface area (Å²) in [4.78, 5) is 1.89. The van der Waals surface area contributed by atoms with Crippen molar-refractivity contribution in [1.29, 1.82) is 0 Å². The maximum Gasteiger partial charge on any atom is 0.200 e. The van der Waals surface area contributed by atoms with Crippen molar-refractivity contribution in [2.75, 3.05) is 19.6 Å². The second kappa shape index (κ2) is 23.1. The van der Waals surface area contributed by atoms with Crippen LogP contribution < -0.4 is 26.8 Å². The van der Waals surface area contributed by atoms with Gasteiger partial charge in [0.1, 0.15) is 52.7 Å². The third-order valence-electron chi connectivity index (χ3n) is 10.9. The van der Waals surface area contributed by atoms with E-state index in [9.17, 15) is 52.7 Å². The molecule has 0 aromatic heterocycles. The molecule has 64 heavy (non-hydrogen) atoms. The summed E-state index contributed by atoms with van der Waals surface area (Å²) >= 11 is 0. The van der Waals surface area contributed by atoms with Crippen molar-refractivity contribution in [1.82, 2.24) is 0 Å². The number of hydrogen-bond acceptors (Lipinski definition) is 0. The fourth-order valence-corrected chi connectivity index (χ4v) is 7.65. The van der Waals surface area contributed by atoms with E-state index in [1.807, 2.05) is 4.90 Å². The Morgan fingerprint density at radius 2 is 0.391 bits per heavy atom. The summed E-state index contributed by atoms with van der Waals surface area (Å²) < 4.78 is 294. The van der Waals surface area contributed by atoms with Crippen LogP contribution in [0.4, 0.5) is 87.8 Å². The van der Waals surface area contributed by atoms with Crippen LogP contribution in [0, 0.1) is 116 Å². The van der Waals surface area contributed by atoms with E-state index in [-0.39, 0.29) is 0 Å². The van der Waals surface area contributed by atoms with E-state index in [1.165, 1.54) is 96.7 Å². The fraction of sp³-hybridized carbons (Fsp3) is 0.429. The highest BCUT2D eigenvalue weighted by atomic mass is 19.2. The predicted molar refractivity (Wildman–Crippen MR) is 197 cm³/mol. The predicted octanol–water partition coefficient (Wildman–Crippen LogP) is 10.5. The Hall–Kier alpha value is -4.50. The average molecular weight is 950 g/mol.